The first-order chi connectivity index (χ1) is 21.7. The van der Waals surface area contributed by atoms with Gasteiger partial charge in [0.05, 0.1) is 10.6 Å². The van der Waals surface area contributed by atoms with Crippen LogP contribution in [0.3, 0.4) is 0 Å². The maximum absolute atomic E-state index is 15.2. The Morgan fingerprint density at radius 2 is 1.36 bits per heavy atom. The summed E-state index contributed by atoms with van der Waals surface area (Å²) in [6.45, 7) is -1.13. The molecule has 1 aliphatic carbocycles. The van der Waals surface area contributed by atoms with Gasteiger partial charge in [0, 0.05) is 24.6 Å². The van der Waals surface area contributed by atoms with Crippen LogP contribution < -0.4 is 9.62 Å². The molecule has 10 heteroatoms. The van der Waals surface area contributed by atoms with Crippen LogP contribution in [0, 0.1) is 11.6 Å². The third-order valence-electron chi connectivity index (χ3n) is 8.00. The average molecular weight is 632 g/mol. The van der Waals surface area contributed by atoms with E-state index in [0.717, 1.165) is 37.3 Å². The minimum Gasteiger partial charge on any atom is -0.352 e. The van der Waals surface area contributed by atoms with Crippen molar-refractivity contribution >= 4 is 27.5 Å². The summed E-state index contributed by atoms with van der Waals surface area (Å²) in [4.78, 5) is 29.4. The third kappa shape index (κ3) is 7.75. The van der Waals surface area contributed by atoms with Gasteiger partial charge in [-0.25, -0.2) is 17.2 Å². The van der Waals surface area contributed by atoms with Crippen LogP contribution in [0.4, 0.5) is 14.5 Å². The van der Waals surface area contributed by atoms with E-state index >= 15 is 8.78 Å². The van der Waals surface area contributed by atoms with Crippen LogP contribution in [0.15, 0.2) is 114 Å². The van der Waals surface area contributed by atoms with Crippen LogP contribution in [0.5, 0.6) is 0 Å². The molecule has 2 amide bonds. The molecule has 0 aromatic heterocycles. The van der Waals surface area contributed by atoms with E-state index in [1.165, 1.54) is 65.6 Å². The quantitative estimate of drug-likeness (QED) is 0.212. The first kappa shape index (κ1) is 31.8. The first-order valence-electron chi connectivity index (χ1n) is 14.9. The number of hydrogen-bond donors (Lipinski definition) is 1. The molecule has 1 saturated carbocycles. The molecule has 4 aromatic rings. The second-order valence-electron chi connectivity index (χ2n) is 11.1. The molecule has 0 spiro atoms. The summed E-state index contributed by atoms with van der Waals surface area (Å²) in [6, 6.07) is 26.6. The molecular formula is C35H35F2N3O4S. The van der Waals surface area contributed by atoms with Gasteiger partial charge < -0.3 is 10.2 Å². The Labute approximate surface area is 262 Å². The fraction of sp³-hybridized carbons (Fsp3) is 0.257. The molecule has 1 N–H and O–H groups in total. The third-order valence-corrected chi connectivity index (χ3v) is 9.78. The molecular weight excluding hydrogens is 596 g/mol. The Bertz CT molecular complexity index is 1720. The maximum Gasteiger partial charge on any atom is 0.264 e. The van der Waals surface area contributed by atoms with Gasteiger partial charge in [-0.2, -0.15) is 0 Å². The van der Waals surface area contributed by atoms with Gasteiger partial charge in [-0.15, -0.1) is 0 Å². The van der Waals surface area contributed by atoms with E-state index in [-0.39, 0.29) is 35.2 Å². The summed E-state index contributed by atoms with van der Waals surface area (Å²) in [7, 11) is -4.44. The number of para-hydroxylation sites is 1. The standard InChI is InChI=1S/C35H35F2N3O4S/c36-30-20-10-7-15-27(30)24-39(33(23-26-13-3-1-4-14-26)35(42)38-28-16-8-9-17-28)34(41)25-40(32-22-12-11-21-31(32)37)45(43,44)29-18-5-2-6-19-29/h1-7,10-15,18-22,28,33H,8-9,16-17,23-25H2,(H,38,42)/t33-/m1/s1. The number of rotatable bonds is 12. The van der Waals surface area contributed by atoms with Gasteiger partial charge in [-0.05, 0) is 48.7 Å². The highest BCUT2D eigenvalue weighted by molar-refractivity contribution is 7.92. The minimum absolute atomic E-state index is 0.0606. The van der Waals surface area contributed by atoms with Crippen molar-refractivity contribution in [3.63, 3.8) is 0 Å². The SMILES string of the molecule is O=C(NC1CCCC1)[C@@H](Cc1ccccc1)N(Cc1ccccc1F)C(=O)CN(c1ccccc1F)S(=O)(=O)c1ccccc1. The van der Waals surface area contributed by atoms with Crippen molar-refractivity contribution in [3.05, 3.63) is 132 Å². The molecule has 5 rings (SSSR count). The summed E-state index contributed by atoms with van der Waals surface area (Å²) < 4.78 is 58.8. The van der Waals surface area contributed by atoms with E-state index in [1.807, 2.05) is 30.3 Å². The summed E-state index contributed by atoms with van der Waals surface area (Å²) in [6.07, 6.45) is 3.66. The number of benzene rings is 4. The lowest BCUT2D eigenvalue weighted by molar-refractivity contribution is -0.140. The summed E-state index contributed by atoms with van der Waals surface area (Å²) in [5.74, 6) is -2.62. The number of nitrogens with zero attached hydrogens (tertiary/aromatic N) is 2. The van der Waals surface area contributed by atoms with Gasteiger partial charge in [0.2, 0.25) is 11.8 Å². The Morgan fingerprint density at radius 1 is 0.778 bits per heavy atom. The molecule has 1 atom stereocenters. The van der Waals surface area contributed by atoms with Crippen LogP contribution in [-0.2, 0) is 32.6 Å². The van der Waals surface area contributed by atoms with E-state index in [4.69, 9.17) is 0 Å². The van der Waals surface area contributed by atoms with E-state index in [0.29, 0.717) is 4.31 Å². The Kier molecular flexibility index (Phi) is 10.2. The summed E-state index contributed by atoms with van der Waals surface area (Å²) in [5, 5.41) is 3.07. The highest BCUT2D eigenvalue weighted by Crippen LogP contribution is 2.27. The molecule has 0 bridgehead atoms. The Balaban J connectivity index is 1.57. The van der Waals surface area contributed by atoms with Gasteiger partial charge in [0.15, 0.2) is 0 Å². The number of anilines is 1. The number of sulfonamides is 1. The minimum atomic E-state index is -4.44. The van der Waals surface area contributed by atoms with Crippen molar-refractivity contribution in [1.29, 1.82) is 0 Å². The van der Waals surface area contributed by atoms with Crippen molar-refractivity contribution in [2.24, 2.45) is 0 Å². The highest BCUT2D eigenvalue weighted by Gasteiger charge is 2.36. The number of carbonyl (C=O) groups is 2. The van der Waals surface area contributed by atoms with Crippen LogP contribution in [0.1, 0.15) is 36.8 Å². The van der Waals surface area contributed by atoms with Crippen molar-refractivity contribution in [1.82, 2.24) is 10.2 Å². The molecule has 234 valence electrons. The van der Waals surface area contributed by atoms with Crippen molar-refractivity contribution in [3.8, 4) is 0 Å². The second kappa shape index (κ2) is 14.5. The van der Waals surface area contributed by atoms with Gasteiger partial charge in [-0.1, -0.05) is 91.7 Å². The Morgan fingerprint density at radius 3 is 2.00 bits per heavy atom. The first-order valence-corrected chi connectivity index (χ1v) is 16.4. The van der Waals surface area contributed by atoms with Crippen LogP contribution in [-0.4, -0.2) is 43.8 Å². The second-order valence-corrected chi connectivity index (χ2v) is 12.9. The maximum atomic E-state index is 15.2. The van der Waals surface area contributed by atoms with Crippen LogP contribution >= 0.6 is 0 Å². The topological polar surface area (TPSA) is 86.8 Å². The zero-order chi connectivity index (χ0) is 31.8. The predicted octanol–water partition coefficient (Wildman–Crippen LogP) is 5.86. The lowest BCUT2D eigenvalue weighted by Crippen LogP contribution is -2.54. The number of carbonyl (C=O) groups excluding carboxylic acids is 2. The van der Waals surface area contributed by atoms with Crippen LogP contribution in [0.2, 0.25) is 0 Å². The Hall–Kier alpha value is -4.57. The normalized spacial score (nSPS) is 14.1. The van der Waals surface area contributed by atoms with E-state index < -0.39 is 46.1 Å². The number of halogens is 2. The summed E-state index contributed by atoms with van der Waals surface area (Å²) >= 11 is 0. The largest absolute Gasteiger partial charge is 0.352 e. The molecule has 0 aliphatic heterocycles. The molecule has 45 heavy (non-hydrogen) atoms. The molecule has 1 fully saturated rings. The molecule has 4 aromatic carbocycles. The van der Waals surface area contributed by atoms with Crippen molar-refractivity contribution in [2.75, 3.05) is 10.8 Å². The van der Waals surface area contributed by atoms with Gasteiger partial charge in [-0.3, -0.25) is 13.9 Å². The lowest BCUT2D eigenvalue weighted by Gasteiger charge is -2.34. The monoisotopic (exact) mass is 631 g/mol. The molecule has 7 nitrogen and oxygen atoms in total. The number of hydrogen-bond acceptors (Lipinski definition) is 4. The predicted molar refractivity (Wildman–Crippen MR) is 169 cm³/mol. The van der Waals surface area contributed by atoms with Crippen molar-refractivity contribution < 1.29 is 26.8 Å². The molecule has 1 aliphatic rings. The van der Waals surface area contributed by atoms with E-state index in [9.17, 15) is 18.0 Å². The van der Waals surface area contributed by atoms with Crippen LogP contribution in [0.25, 0.3) is 0 Å². The smallest absolute Gasteiger partial charge is 0.264 e. The van der Waals surface area contributed by atoms with Gasteiger partial charge in [0.1, 0.15) is 24.2 Å². The highest BCUT2D eigenvalue weighted by atomic mass is 32.2. The zero-order valence-corrected chi connectivity index (χ0v) is 25.5. The number of nitrogens with one attached hydrogen (secondary N) is 1. The fourth-order valence-corrected chi connectivity index (χ4v) is 7.06. The molecule has 0 saturated heterocycles. The summed E-state index contributed by atoms with van der Waals surface area (Å²) in [5.41, 5.74) is 0.592. The van der Waals surface area contributed by atoms with E-state index in [2.05, 4.69) is 5.32 Å². The molecule has 0 radical (unpaired) electrons. The van der Waals surface area contributed by atoms with Gasteiger partial charge >= 0.3 is 0 Å². The lowest BCUT2D eigenvalue weighted by atomic mass is 10.0. The average Bonchev–Trinajstić information content (AvgIpc) is 3.56. The van der Waals surface area contributed by atoms with E-state index in [1.54, 1.807) is 12.1 Å². The molecule has 0 unspecified atom stereocenters. The van der Waals surface area contributed by atoms with Gasteiger partial charge in [0.25, 0.3) is 10.0 Å². The zero-order valence-electron chi connectivity index (χ0n) is 24.7. The molecule has 0 heterocycles. The fourth-order valence-electron chi connectivity index (χ4n) is 5.62. The van der Waals surface area contributed by atoms with Crippen molar-refractivity contribution in [2.45, 2.75) is 55.6 Å². The number of amides is 2.